The van der Waals surface area contributed by atoms with E-state index in [0.717, 1.165) is 46.9 Å². The number of imidazole rings is 1. The van der Waals surface area contributed by atoms with E-state index in [-0.39, 0.29) is 0 Å². The van der Waals surface area contributed by atoms with Gasteiger partial charge < -0.3 is 14.8 Å². The highest BCUT2D eigenvalue weighted by atomic mass is 32.2. The number of hydrogen-bond acceptors (Lipinski definition) is 5. The largest absolute Gasteiger partial charge is 0.339 e. The predicted octanol–water partition coefficient (Wildman–Crippen LogP) is 5.41. The van der Waals surface area contributed by atoms with Gasteiger partial charge in [0.05, 0.1) is 15.9 Å². The number of thioether (sulfide) groups is 1. The molecule has 0 saturated heterocycles. The Morgan fingerprint density at radius 1 is 1.16 bits per heavy atom. The molecule has 0 aliphatic carbocycles. The molecule has 2 heterocycles. The number of likely N-dealkylation sites (N-methyl/N-ethyl adjacent to an activating group) is 1. The molecule has 0 aliphatic heterocycles. The molecule has 4 aromatic rings. The Kier molecular flexibility index (Phi) is 6.75. The lowest BCUT2D eigenvalue weighted by molar-refractivity contribution is 0.384. The van der Waals surface area contributed by atoms with Crippen molar-refractivity contribution in [1.29, 1.82) is 5.41 Å². The second-order valence-corrected chi connectivity index (χ2v) is 9.52. The first-order valence-corrected chi connectivity index (χ1v) is 12.3. The van der Waals surface area contributed by atoms with Crippen LogP contribution in [-0.2, 0) is 13.0 Å². The normalized spacial score (nSPS) is 11.4. The van der Waals surface area contributed by atoms with Gasteiger partial charge in [-0.3, -0.25) is 5.41 Å². The van der Waals surface area contributed by atoms with E-state index in [0.29, 0.717) is 5.84 Å². The fourth-order valence-electron chi connectivity index (χ4n) is 3.49. The summed E-state index contributed by atoms with van der Waals surface area (Å²) in [5, 5.41) is 13.5. The van der Waals surface area contributed by atoms with Crippen LogP contribution in [0.1, 0.15) is 16.3 Å². The van der Waals surface area contributed by atoms with Gasteiger partial charge in [0, 0.05) is 30.1 Å². The number of aromatic nitrogens is 2. The SMILES string of the molecule is CSc1ccc(Cc2nc3cc(NC(=N)c4cccs4)ccc3n2CCN(C)C)cc1. The standard InChI is InChI=1S/C24H27N5S2/c1-28(2)12-13-29-21-11-8-18(26-24(25)22-5-4-14-31-22)16-20(21)27-23(29)15-17-6-9-19(30-3)10-7-17/h4-11,14,16H,12-13,15H2,1-3H3,(H2,25,26). The van der Waals surface area contributed by atoms with Crippen LogP contribution in [0.3, 0.4) is 0 Å². The molecule has 0 amide bonds. The van der Waals surface area contributed by atoms with Crippen molar-refractivity contribution in [2.75, 3.05) is 32.2 Å². The Morgan fingerprint density at radius 3 is 2.65 bits per heavy atom. The summed E-state index contributed by atoms with van der Waals surface area (Å²) in [7, 11) is 4.19. The van der Waals surface area contributed by atoms with Gasteiger partial charge in [0.15, 0.2) is 0 Å². The van der Waals surface area contributed by atoms with Gasteiger partial charge in [-0.15, -0.1) is 23.1 Å². The van der Waals surface area contributed by atoms with Crippen molar-refractivity contribution in [2.45, 2.75) is 17.9 Å². The number of amidine groups is 1. The van der Waals surface area contributed by atoms with Crippen molar-refractivity contribution in [3.8, 4) is 0 Å². The van der Waals surface area contributed by atoms with Crippen LogP contribution in [0.25, 0.3) is 11.0 Å². The molecule has 0 saturated carbocycles. The number of thiophene rings is 1. The van der Waals surface area contributed by atoms with Crippen LogP contribution in [0.2, 0.25) is 0 Å². The van der Waals surface area contributed by atoms with Gasteiger partial charge >= 0.3 is 0 Å². The van der Waals surface area contributed by atoms with Crippen LogP contribution < -0.4 is 5.32 Å². The smallest absolute Gasteiger partial charge is 0.140 e. The average Bonchev–Trinajstić information content (AvgIpc) is 3.41. The van der Waals surface area contributed by atoms with Crippen LogP contribution in [0.4, 0.5) is 5.69 Å². The summed E-state index contributed by atoms with van der Waals surface area (Å²) in [6.07, 6.45) is 2.89. The molecule has 4 rings (SSSR count). The minimum absolute atomic E-state index is 0.412. The molecule has 0 unspecified atom stereocenters. The monoisotopic (exact) mass is 449 g/mol. The van der Waals surface area contributed by atoms with Crippen molar-refractivity contribution in [3.63, 3.8) is 0 Å². The van der Waals surface area contributed by atoms with Gasteiger partial charge in [0.25, 0.3) is 0 Å². The van der Waals surface area contributed by atoms with E-state index in [2.05, 4.69) is 65.5 Å². The van der Waals surface area contributed by atoms with E-state index in [1.807, 2.05) is 29.6 Å². The highest BCUT2D eigenvalue weighted by Crippen LogP contribution is 2.24. The van der Waals surface area contributed by atoms with Crippen LogP contribution >= 0.6 is 23.1 Å². The molecule has 0 radical (unpaired) electrons. The predicted molar refractivity (Wildman–Crippen MR) is 134 cm³/mol. The highest BCUT2D eigenvalue weighted by molar-refractivity contribution is 7.98. The maximum absolute atomic E-state index is 8.30. The van der Waals surface area contributed by atoms with Gasteiger partial charge in [0.1, 0.15) is 11.7 Å². The summed E-state index contributed by atoms with van der Waals surface area (Å²) < 4.78 is 2.33. The minimum Gasteiger partial charge on any atom is -0.339 e. The zero-order valence-electron chi connectivity index (χ0n) is 18.1. The molecule has 0 bridgehead atoms. The fourth-order valence-corrected chi connectivity index (χ4v) is 4.53. The molecular weight excluding hydrogens is 422 g/mol. The molecule has 0 spiro atoms. The van der Waals surface area contributed by atoms with Crippen molar-refractivity contribution in [1.82, 2.24) is 14.5 Å². The van der Waals surface area contributed by atoms with Gasteiger partial charge in [-0.2, -0.15) is 0 Å². The number of fused-ring (bicyclic) bond motifs is 1. The molecule has 160 valence electrons. The number of nitrogens with one attached hydrogen (secondary N) is 2. The van der Waals surface area contributed by atoms with Crippen molar-refractivity contribution < 1.29 is 0 Å². The average molecular weight is 450 g/mol. The molecule has 2 N–H and O–H groups in total. The number of hydrogen-bond donors (Lipinski definition) is 2. The Labute approximate surface area is 191 Å². The van der Waals surface area contributed by atoms with E-state index < -0.39 is 0 Å². The number of rotatable bonds is 8. The molecule has 31 heavy (non-hydrogen) atoms. The molecule has 0 fully saturated rings. The zero-order valence-corrected chi connectivity index (χ0v) is 19.7. The van der Waals surface area contributed by atoms with Gasteiger partial charge in [-0.1, -0.05) is 18.2 Å². The summed E-state index contributed by atoms with van der Waals surface area (Å²) in [5.74, 6) is 1.48. The second-order valence-electron chi connectivity index (χ2n) is 7.69. The van der Waals surface area contributed by atoms with Crippen molar-refractivity contribution in [3.05, 3.63) is 76.2 Å². The topological polar surface area (TPSA) is 56.9 Å². The zero-order chi connectivity index (χ0) is 21.8. The third-order valence-corrected chi connectivity index (χ3v) is 6.79. The first-order chi connectivity index (χ1) is 15.0. The summed E-state index contributed by atoms with van der Waals surface area (Å²) in [6, 6.07) is 18.8. The number of anilines is 1. The second kappa shape index (κ2) is 9.68. The fraction of sp³-hybridized carbons (Fsp3) is 0.250. The van der Waals surface area contributed by atoms with Crippen LogP contribution in [0, 0.1) is 5.41 Å². The minimum atomic E-state index is 0.412. The molecule has 5 nitrogen and oxygen atoms in total. The lowest BCUT2D eigenvalue weighted by Crippen LogP contribution is -2.19. The van der Waals surface area contributed by atoms with Gasteiger partial charge in [0.2, 0.25) is 0 Å². The summed E-state index contributed by atoms with van der Waals surface area (Å²) in [6.45, 7) is 1.84. The van der Waals surface area contributed by atoms with E-state index in [4.69, 9.17) is 10.4 Å². The van der Waals surface area contributed by atoms with Gasteiger partial charge in [-0.05, 0) is 67.7 Å². The van der Waals surface area contributed by atoms with E-state index in [1.54, 1.807) is 23.1 Å². The first-order valence-electron chi connectivity index (χ1n) is 10.2. The van der Waals surface area contributed by atoms with E-state index in [1.165, 1.54) is 10.5 Å². The summed E-state index contributed by atoms with van der Waals surface area (Å²) in [4.78, 5) is 9.38. The van der Waals surface area contributed by atoms with Crippen molar-refractivity contribution in [2.24, 2.45) is 0 Å². The van der Waals surface area contributed by atoms with Crippen molar-refractivity contribution >= 4 is 45.7 Å². The molecular formula is C24H27N5S2. The van der Waals surface area contributed by atoms with Crippen LogP contribution in [0.15, 0.2) is 64.9 Å². The Morgan fingerprint density at radius 2 is 1.97 bits per heavy atom. The summed E-state index contributed by atoms with van der Waals surface area (Å²) in [5.41, 5.74) is 4.24. The number of benzene rings is 2. The quantitative estimate of drug-likeness (QED) is 0.215. The maximum Gasteiger partial charge on any atom is 0.140 e. The van der Waals surface area contributed by atoms with Crippen LogP contribution in [-0.4, -0.2) is 47.2 Å². The Hall–Kier alpha value is -2.61. The highest BCUT2D eigenvalue weighted by Gasteiger charge is 2.13. The third-order valence-electron chi connectivity index (χ3n) is 5.16. The lowest BCUT2D eigenvalue weighted by atomic mass is 10.1. The Bertz CT molecular complexity index is 1160. The molecule has 2 aromatic carbocycles. The van der Waals surface area contributed by atoms with Gasteiger partial charge in [-0.25, -0.2) is 4.98 Å². The summed E-state index contributed by atoms with van der Waals surface area (Å²) >= 11 is 3.32. The molecule has 0 atom stereocenters. The lowest BCUT2D eigenvalue weighted by Gasteiger charge is -2.14. The first kappa shape index (κ1) is 21.6. The maximum atomic E-state index is 8.30. The molecule has 7 heteroatoms. The molecule has 0 aliphatic rings. The number of nitrogens with zero attached hydrogens (tertiary/aromatic N) is 3. The van der Waals surface area contributed by atoms with E-state index >= 15 is 0 Å². The Balaban J connectivity index is 1.64. The third kappa shape index (κ3) is 5.18. The van der Waals surface area contributed by atoms with Crippen LogP contribution in [0.5, 0.6) is 0 Å². The molecule has 2 aromatic heterocycles. The van der Waals surface area contributed by atoms with E-state index in [9.17, 15) is 0 Å².